The van der Waals surface area contributed by atoms with Gasteiger partial charge in [0.25, 0.3) is 11.8 Å². The lowest BCUT2D eigenvalue weighted by molar-refractivity contribution is -0.139. The SMILES string of the molecule is CS(C)(S)N1C(=O)CNCC1=O. The van der Waals surface area contributed by atoms with Crippen LogP contribution in [-0.4, -0.2) is 41.7 Å². The highest BCUT2D eigenvalue weighted by Crippen LogP contribution is 2.49. The first-order chi connectivity index (χ1) is 5.43. The number of piperazine rings is 1. The van der Waals surface area contributed by atoms with Crippen LogP contribution in [0.2, 0.25) is 0 Å². The molecule has 12 heavy (non-hydrogen) atoms. The number of hydrogen-bond acceptors (Lipinski definition) is 4. The minimum Gasteiger partial charge on any atom is -0.300 e. The Labute approximate surface area is 77.9 Å². The summed E-state index contributed by atoms with van der Waals surface area (Å²) in [6.07, 6.45) is 3.61. The van der Waals surface area contributed by atoms with Crippen molar-refractivity contribution >= 4 is 32.7 Å². The van der Waals surface area contributed by atoms with Crippen LogP contribution in [-0.2, 0) is 9.59 Å². The van der Waals surface area contributed by atoms with E-state index in [1.165, 1.54) is 4.31 Å². The lowest BCUT2D eigenvalue weighted by atomic mass is 10.4. The van der Waals surface area contributed by atoms with Crippen LogP contribution in [0.5, 0.6) is 0 Å². The average Bonchev–Trinajstić information content (AvgIpc) is 1.82. The molecule has 4 nitrogen and oxygen atoms in total. The molecule has 1 aliphatic rings. The predicted octanol–water partition coefficient (Wildman–Crippen LogP) is -0.231. The molecule has 1 N–H and O–H groups in total. The zero-order chi connectivity index (χ0) is 9.35. The van der Waals surface area contributed by atoms with E-state index in [1.807, 2.05) is 0 Å². The van der Waals surface area contributed by atoms with Crippen molar-refractivity contribution in [3.05, 3.63) is 0 Å². The van der Waals surface area contributed by atoms with Crippen LogP contribution in [0.15, 0.2) is 0 Å². The fourth-order valence-electron chi connectivity index (χ4n) is 1.06. The summed E-state index contributed by atoms with van der Waals surface area (Å²) in [5, 5.41) is 2.72. The fourth-order valence-corrected chi connectivity index (χ4v) is 2.73. The van der Waals surface area contributed by atoms with Crippen LogP contribution in [0, 0.1) is 0 Å². The number of carbonyl (C=O) groups excluding carboxylic acids is 2. The zero-order valence-electron chi connectivity index (χ0n) is 7.03. The summed E-state index contributed by atoms with van der Waals surface area (Å²) in [4.78, 5) is 22.5. The maximum absolute atomic E-state index is 11.3. The van der Waals surface area contributed by atoms with Crippen molar-refractivity contribution in [3.8, 4) is 0 Å². The van der Waals surface area contributed by atoms with E-state index in [4.69, 9.17) is 0 Å². The third-order valence-electron chi connectivity index (χ3n) is 1.45. The second kappa shape index (κ2) is 3.27. The van der Waals surface area contributed by atoms with Crippen LogP contribution in [0.3, 0.4) is 0 Å². The third-order valence-corrected chi connectivity index (χ3v) is 3.24. The monoisotopic (exact) mass is 208 g/mol. The third kappa shape index (κ3) is 1.94. The van der Waals surface area contributed by atoms with E-state index >= 15 is 0 Å². The van der Waals surface area contributed by atoms with Gasteiger partial charge in [-0.25, -0.2) is 4.31 Å². The quantitative estimate of drug-likeness (QED) is 0.355. The molecule has 0 bridgehead atoms. The number of carbonyl (C=O) groups is 2. The van der Waals surface area contributed by atoms with Gasteiger partial charge in [-0.05, 0) is 12.5 Å². The highest BCUT2D eigenvalue weighted by atomic mass is 33.1. The summed E-state index contributed by atoms with van der Waals surface area (Å²) in [7, 11) is -1.54. The largest absolute Gasteiger partial charge is 0.300 e. The van der Waals surface area contributed by atoms with Gasteiger partial charge in [0.1, 0.15) is 0 Å². The Balaban J connectivity index is 2.84. The van der Waals surface area contributed by atoms with Gasteiger partial charge in [-0.15, -0.1) is 20.9 Å². The average molecular weight is 208 g/mol. The van der Waals surface area contributed by atoms with Crippen molar-refractivity contribution in [3.63, 3.8) is 0 Å². The van der Waals surface area contributed by atoms with E-state index in [1.54, 1.807) is 12.5 Å². The molecule has 0 atom stereocenters. The van der Waals surface area contributed by atoms with Crippen LogP contribution < -0.4 is 5.32 Å². The van der Waals surface area contributed by atoms with Gasteiger partial charge < -0.3 is 0 Å². The van der Waals surface area contributed by atoms with E-state index < -0.39 is 9.25 Å². The molecular weight excluding hydrogens is 196 g/mol. The minimum atomic E-state index is -1.54. The van der Waals surface area contributed by atoms with E-state index in [9.17, 15) is 9.59 Å². The zero-order valence-corrected chi connectivity index (χ0v) is 8.74. The highest BCUT2D eigenvalue weighted by molar-refractivity contribution is 8.86. The molecule has 0 aliphatic carbocycles. The topological polar surface area (TPSA) is 49.4 Å². The fraction of sp³-hybridized carbons (Fsp3) is 0.667. The summed E-state index contributed by atoms with van der Waals surface area (Å²) >= 11 is 4.26. The van der Waals surface area contributed by atoms with E-state index in [0.29, 0.717) is 0 Å². The molecule has 0 aromatic rings. The Morgan fingerprint density at radius 3 is 2.00 bits per heavy atom. The van der Waals surface area contributed by atoms with Crippen LogP contribution in [0.4, 0.5) is 0 Å². The van der Waals surface area contributed by atoms with Crippen molar-refractivity contribution in [1.82, 2.24) is 9.62 Å². The first kappa shape index (κ1) is 9.88. The van der Waals surface area contributed by atoms with Gasteiger partial charge in [-0.2, -0.15) is 0 Å². The number of thiol groups is 1. The lowest BCUT2D eigenvalue weighted by Gasteiger charge is -2.39. The molecule has 0 aromatic carbocycles. The molecule has 0 radical (unpaired) electrons. The van der Waals surface area contributed by atoms with Crippen molar-refractivity contribution in [2.75, 3.05) is 25.6 Å². The van der Waals surface area contributed by atoms with Crippen LogP contribution in [0.1, 0.15) is 0 Å². The number of imide groups is 1. The second-order valence-corrected chi connectivity index (χ2v) is 8.39. The Kier molecular flexibility index (Phi) is 2.70. The van der Waals surface area contributed by atoms with Gasteiger partial charge in [0.05, 0.1) is 13.1 Å². The molecule has 2 amide bonds. The Hall–Kier alpha value is -0.200. The van der Waals surface area contributed by atoms with Crippen molar-refractivity contribution < 1.29 is 9.59 Å². The minimum absolute atomic E-state index is 0.179. The lowest BCUT2D eigenvalue weighted by Crippen LogP contribution is -2.51. The summed E-state index contributed by atoms with van der Waals surface area (Å²) < 4.78 is 1.27. The Morgan fingerprint density at radius 2 is 1.75 bits per heavy atom. The maximum Gasteiger partial charge on any atom is 0.252 e. The van der Waals surface area contributed by atoms with Crippen LogP contribution >= 0.6 is 20.9 Å². The maximum atomic E-state index is 11.3. The van der Waals surface area contributed by atoms with Gasteiger partial charge in [-0.1, -0.05) is 0 Å². The normalized spacial score (nSPS) is 21.4. The van der Waals surface area contributed by atoms with Crippen molar-refractivity contribution in [2.45, 2.75) is 0 Å². The van der Waals surface area contributed by atoms with Gasteiger partial charge in [0.15, 0.2) is 0 Å². The molecule has 0 aromatic heterocycles. The number of rotatable bonds is 1. The Morgan fingerprint density at radius 1 is 1.33 bits per heavy atom. The molecule has 70 valence electrons. The molecule has 6 heteroatoms. The van der Waals surface area contributed by atoms with Crippen LogP contribution in [0.25, 0.3) is 0 Å². The summed E-state index contributed by atoms with van der Waals surface area (Å²) in [6.45, 7) is 0.478. The van der Waals surface area contributed by atoms with Gasteiger partial charge in [0, 0.05) is 0 Å². The molecule has 1 heterocycles. The van der Waals surface area contributed by atoms with Crippen molar-refractivity contribution in [2.24, 2.45) is 0 Å². The molecule has 0 spiro atoms. The van der Waals surface area contributed by atoms with Crippen molar-refractivity contribution in [1.29, 1.82) is 0 Å². The second-order valence-electron chi connectivity index (χ2n) is 2.91. The van der Waals surface area contributed by atoms with E-state index in [-0.39, 0.29) is 24.9 Å². The van der Waals surface area contributed by atoms with E-state index in [0.717, 1.165) is 0 Å². The first-order valence-electron chi connectivity index (χ1n) is 3.45. The first-order valence-corrected chi connectivity index (χ1v) is 6.91. The molecule has 0 unspecified atom stereocenters. The molecule has 0 saturated carbocycles. The van der Waals surface area contributed by atoms with Gasteiger partial charge in [0.2, 0.25) is 0 Å². The number of hydrogen-bond donors (Lipinski definition) is 2. The van der Waals surface area contributed by atoms with Gasteiger partial charge in [-0.3, -0.25) is 14.9 Å². The smallest absolute Gasteiger partial charge is 0.252 e. The number of nitrogens with one attached hydrogen (secondary N) is 1. The molecule has 1 aliphatic heterocycles. The summed E-state index contributed by atoms with van der Waals surface area (Å²) in [5.74, 6) is -0.359. The predicted molar refractivity (Wildman–Crippen MR) is 53.1 cm³/mol. The highest BCUT2D eigenvalue weighted by Gasteiger charge is 2.32. The van der Waals surface area contributed by atoms with E-state index in [2.05, 4.69) is 17.0 Å². The Bertz CT molecular complexity index is 208. The molecule has 1 saturated heterocycles. The summed E-state index contributed by atoms with van der Waals surface area (Å²) in [6, 6.07) is 0. The molecule has 1 rings (SSSR count). The molecular formula is C6H12N2O2S2. The number of nitrogens with zero attached hydrogens (tertiary/aromatic N) is 1. The van der Waals surface area contributed by atoms with Gasteiger partial charge >= 0.3 is 0 Å². The summed E-state index contributed by atoms with van der Waals surface area (Å²) in [5.41, 5.74) is 0. The molecule has 1 fully saturated rings. The number of amides is 2. The standard InChI is InChI=1S/C6H12N2O2S2/c1-12(2,11)8-5(9)3-7-4-6(8)10/h7,11H,3-4H2,1-2H3.